The first-order valence-corrected chi connectivity index (χ1v) is 8.20. The van der Waals surface area contributed by atoms with Gasteiger partial charge in [0.25, 0.3) is 0 Å². The smallest absolute Gasteiger partial charge is 0.347 e. The Morgan fingerprint density at radius 2 is 1.67 bits per heavy atom. The lowest BCUT2D eigenvalue weighted by Gasteiger charge is -2.18. The first-order chi connectivity index (χ1) is 11.5. The van der Waals surface area contributed by atoms with E-state index in [0.717, 1.165) is 5.56 Å². The number of carbonyl (C=O) groups excluding carboxylic acids is 1. The Labute approximate surface area is 143 Å². The van der Waals surface area contributed by atoms with Gasteiger partial charge in [-0.25, -0.2) is 4.79 Å². The van der Waals surface area contributed by atoms with Gasteiger partial charge >= 0.3 is 5.97 Å². The number of phenols is 1. The highest BCUT2D eigenvalue weighted by Gasteiger charge is 2.22. The van der Waals surface area contributed by atoms with Gasteiger partial charge in [-0.15, -0.1) is 0 Å². The quantitative estimate of drug-likeness (QED) is 0.779. The highest BCUT2D eigenvalue weighted by atomic mass is 16.6. The molecule has 0 spiro atoms. The molecule has 0 saturated carbocycles. The number of phenolic OH excluding ortho intramolecular Hbond substituents is 1. The van der Waals surface area contributed by atoms with Crippen molar-refractivity contribution in [1.29, 1.82) is 0 Å². The lowest BCUT2D eigenvalue weighted by Crippen LogP contribution is -2.31. The number of hydrogen-bond acceptors (Lipinski definition) is 4. The molecule has 0 aliphatic heterocycles. The first-order valence-electron chi connectivity index (χ1n) is 8.20. The number of benzene rings is 2. The second kappa shape index (κ2) is 8.39. The number of hydrogen-bond donors (Lipinski definition) is 1. The van der Waals surface area contributed by atoms with Crippen molar-refractivity contribution in [3.8, 4) is 11.5 Å². The van der Waals surface area contributed by atoms with Crippen LogP contribution >= 0.6 is 0 Å². The van der Waals surface area contributed by atoms with E-state index in [1.807, 2.05) is 24.3 Å². The largest absolute Gasteiger partial charge is 0.508 e. The van der Waals surface area contributed by atoms with Crippen LogP contribution in [0.25, 0.3) is 0 Å². The zero-order valence-corrected chi connectivity index (χ0v) is 14.4. The third-order valence-corrected chi connectivity index (χ3v) is 3.73. The van der Waals surface area contributed by atoms with E-state index in [-0.39, 0.29) is 5.75 Å². The molecular formula is C20H24O4. The van der Waals surface area contributed by atoms with Gasteiger partial charge < -0.3 is 14.6 Å². The molecule has 0 aliphatic carbocycles. The summed E-state index contributed by atoms with van der Waals surface area (Å²) in [5.74, 6) is 0.878. The van der Waals surface area contributed by atoms with Crippen molar-refractivity contribution in [2.45, 2.75) is 39.2 Å². The Morgan fingerprint density at radius 1 is 1.04 bits per heavy atom. The molecule has 1 N–H and O–H groups in total. The summed E-state index contributed by atoms with van der Waals surface area (Å²) < 4.78 is 11.0. The summed E-state index contributed by atoms with van der Waals surface area (Å²) in [4.78, 5) is 12.2. The van der Waals surface area contributed by atoms with Crippen LogP contribution in [0.2, 0.25) is 0 Å². The van der Waals surface area contributed by atoms with Gasteiger partial charge in [0.15, 0.2) is 6.10 Å². The number of rotatable bonds is 7. The van der Waals surface area contributed by atoms with E-state index in [4.69, 9.17) is 9.47 Å². The lowest BCUT2D eigenvalue weighted by atomic mass is 10.0. The third-order valence-electron chi connectivity index (χ3n) is 3.73. The minimum atomic E-state index is -0.723. The summed E-state index contributed by atoms with van der Waals surface area (Å²) in [5.41, 5.74) is 2.11. The normalized spacial score (nSPS) is 12.0. The van der Waals surface area contributed by atoms with Crippen LogP contribution in [0.3, 0.4) is 0 Å². The molecule has 4 heteroatoms. The van der Waals surface area contributed by atoms with Gasteiger partial charge in [0.1, 0.15) is 11.5 Å². The zero-order chi connectivity index (χ0) is 17.5. The number of esters is 1. The van der Waals surface area contributed by atoms with E-state index < -0.39 is 12.1 Å². The maximum Gasteiger partial charge on any atom is 0.347 e. The minimum Gasteiger partial charge on any atom is -0.508 e. The Kier molecular flexibility index (Phi) is 6.24. The second-order valence-corrected chi connectivity index (χ2v) is 5.95. The molecule has 0 saturated heterocycles. The summed E-state index contributed by atoms with van der Waals surface area (Å²) in [6, 6.07) is 14.5. The summed E-state index contributed by atoms with van der Waals surface area (Å²) >= 11 is 0. The van der Waals surface area contributed by atoms with Crippen molar-refractivity contribution in [3.05, 3.63) is 59.7 Å². The Morgan fingerprint density at radius 3 is 2.21 bits per heavy atom. The summed E-state index contributed by atoms with van der Waals surface area (Å²) in [6.45, 7) is 6.33. The van der Waals surface area contributed by atoms with E-state index in [1.54, 1.807) is 31.2 Å². The van der Waals surface area contributed by atoms with E-state index in [1.165, 1.54) is 5.56 Å². The number of carbonyl (C=O) groups is 1. The monoisotopic (exact) mass is 328 g/mol. The van der Waals surface area contributed by atoms with Crippen LogP contribution < -0.4 is 4.74 Å². The predicted molar refractivity (Wildman–Crippen MR) is 93.4 cm³/mol. The van der Waals surface area contributed by atoms with Gasteiger partial charge in [-0.05, 0) is 48.2 Å². The fourth-order valence-corrected chi connectivity index (χ4v) is 2.35. The van der Waals surface area contributed by atoms with Crippen molar-refractivity contribution in [3.63, 3.8) is 0 Å². The van der Waals surface area contributed by atoms with Crippen LogP contribution in [0.15, 0.2) is 48.5 Å². The molecule has 2 aromatic carbocycles. The van der Waals surface area contributed by atoms with E-state index in [9.17, 15) is 9.90 Å². The van der Waals surface area contributed by atoms with Gasteiger partial charge in [-0.1, -0.05) is 38.1 Å². The molecule has 1 atom stereocenters. The molecule has 0 fully saturated rings. The van der Waals surface area contributed by atoms with Crippen molar-refractivity contribution in [2.24, 2.45) is 0 Å². The van der Waals surface area contributed by atoms with Crippen LogP contribution in [-0.4, -0.2) is 23.8 Å². The molecule has 4 nitrogen and oxygen atoms in total. The Balaban J connectivity index is 2.13. The average molecular weight is 328 g/mol. The summed E-state index contributed by atoms with van der Waals surface area (Å²) in [5, 5.41) is 9.37. The van der Waals surface area contributed by atoms with Crippen molar-refractivity contribution >= 4 is 5.97 Å². The zero-order valence-electron chi connectivity index (χ0n) is 14.4. The lowest BCUT2D eigenvalue weighted by molar-refractivity contribution is -0.151. The van der Waals surface area contributed by atoms with Crippen molar-refractivity contribution < 1.29 is 19.4 Å². The molecule has 2 aromatic rings. The average Bonchev–Trinajstić information content (AvgIpc) is 2.57. The molecule has 0 amide bonds. The van der Waals surface area contributed by atoms with E-state index in [2.05, 4.69) is 13.8 Å². The molecule has 24 heavy (non-hydrogen) atoms. The van der Waals surface area contributed by atoms with Crippen molar-refractivity contribution in [1.82, 2.24) is 0 Å². The van der Waals surface area contributed by atoms with Gasteiger partial charge in [-0.3, -0.25) is 0 Å². The number of ether oxygens (including phenoxy) is 2. The van der Waals surface area contributed by atoms with Crippen LogP contribution in [0.4, 0.5) is 0 Å². The fourth-order valence-electron chi connectivity index (χ4n) is 2.35. The van der Waals surface area contributed by atoms with E-state index >= 15 is 0 Å². The third kappa shape index (κ3) is 5.01. The highest BCUT2D eigenvalue weighted by molar-refractivity contribution is 5.75. The fraction of sp³-hybridized carbons (Fsp3) is 0.350. The summed E-state index contributed by atoms with van der Waals surface area (Å²) in [6.07, 6.45) is -0.343. The molecule has 0 aromatic heterocycles. The standard InChI is InChI=1S/C20H24O4/c1-4-23-20(22)19(13-15-5-9-17(21)10-6-15)24-18-11-7-16(8-12-18)14(2)3/h5-12,14,19,21H,4,13H2,1-3H3. The maximum atomic E-state index is 12.2. The van der Waals surface area contributed by atoms with Crippen LogP contribution in [0, 0.1) is 0 Å². The molecular weight excluding hydrogens is 304 g/mol. The molecule has 2 rings (SSSR count). The predicted octanol–water partition coefficient (Wildman–Crippen LogP) is 4.07. The number of aromatic hydroxyl groups is 1. The molecule has 0 bridgehead atoms. The SMILES string of the molecule is CCOC(=O)C(Cc1ccc(O)cc1)Oc1ccc(C(C)C)cc1. The molecule has 0 radical (unpaired) electrons. The van der Waals surface area contributed by atoms with Crippen LogP contribution in [0.5, 0.6) is 11.5 Å². The second-order valence-electron chi connectivity index (χ2n) is 5.95. The molecule has 0 heterocycles. The molecule has 1 unspecified atom stereocenters. The molecule has 0 aliphatic rings. The topological polar surface area (TPSA) is 55.8 Å². The first kappa shape index (κ1) is 17.9. The van der Waals surface area contributed by atoms with Crippen LogP contribution in [-0.2, 0) is 16.0 Å². The summed E-state index contributed by atoms with van der Waals surface area (Å²) in [7, 11) is 0. The maximum absolute atomic E-state index is 12.2. The van der Waals surface area contributed by atoms with Gasteiger partial charge in [0.05, 0.1) is 6.61 Å². The van der Waals surface area contributed by atoms with Crippen molar-refractivity contribution in [2.75, 3.05) is 6.61 Å². The Hall–Kier alpha value is -2.49. The molecule has 128 valence electrons. The van der Waals surface area contributed by atoms with Gasteiger partial charge in [0.2, 0.25) is 0 Å². The minimum absolute atomic E-state index is 0.191. The van der Waals surface area contributed by atoms with Crippen LogP contribution in [0.1, 0.15) is 37.8 Å². The highest BCUT2D eigenvalue weighted by Crippen LogP contribution is 2.21. The van der Waals surface area contributed by atoms with Gasteiger partial charge in [0, 0.05) is 6.42 Å². The van der Waals surface area contributed by atoms with E-state index in [0.29, 0.717) is 24.7 Å². The Bertz CT molecular complexity index is 644. The van der Waals surface area contributed by atoms with Gasteiger partial charge in [-0.2, -0.15) is 0 Å².